The molecule has 0 saturated heterocycles. The van der Waals surface area contributed by atoms with Crippen molar-refractivity contribution in [1.82, 2.24) is 5.32 Å². The number of nitrogens with one attached hydrogen (secondary N) is 1. The molecule has 1 aliphatic heterocycles. The molecule has 7 heteroatoms. The quantitative estimate of drug-likeness (QED) is 0.0551. The fraction of sp³-hybridized carbons (Fsp3) is 0.848. The molecule has 1 aliphatic rings. The Balaban J connectivity index is 1.78. The molecule has 6 nitrogen and oxygen atoms in total. The first-order chi connectivity index (χ1) is 26.0. The molecular weight excluding hydrogens is 677 g/mol. The number of amides is 2. The Morgan fingerprint density at radius 2 is 0.906 bits per heavy atom. The van der Waals surface area contributed by atoms with Crippen molar-refractivity contribution in [3.8, 4) is 0 Å². The van der Waals surface area contributed by atoms with Crippen LogP contribution in [0.2, 0.25) is 0 Å². The summed E-state index contributed by atoms with van der Waals surface area (Å²) in [5.74, 6) is -0.739. The predicted octanol–water partition coefficient (Wildman–Crippen LogP) is 14.0. The fourth-order valence-electron chi connectivity index (χ4n) is 7.78. The molecular formula is C46H82N2O4S. The molecule has 1 aromatic heterocycles. The fourth-order valence-corrected chi connectivity index (χ4v) is 9.11. The molecule has 2 heterocycles. The van der Waals surface area contributed by atoms with Crippen LogP contribution in [0.15, 0.2) is 0 Å². The minimum Gasteiger partial charge on any atom is -0.462 e. The van der Waals surface area contributed by atoms with Gasteiger partial charge >= 0.3 is 5.97 Å². The van der Waals surface area contributed by atoms with Crippen LogP contribution in [-0.4, -0.2) is 30.9 Å². The maximum Gasteiger partial charge on any atom is 0.341 e. The molecule has 53 heavy (non-hydrogen) atoms. The second kappa shape index (κ2) is 32.5. The van der Waals surface area contributed by atoms with Crippen molar-refractivity contribution in [2.75, 3.05) is 18.1 Å². The Bertz CT molecular complexity index is 1040. The number of anilines is 1. The lowest BCUT2D eigenvalue weighted by Gasteiger charge is -2.21. The third kappa shape index (κ3) is 21.2. The van der Waals surface area contributed by atoms with E-state index in [1.54, 1.807) is 6.92 Å². The number of nitrogens with zero attached hydrogens (tertiary/aromatic N) is 1. The molecule has 0 bridgehead atoms. The number of carbonyl (C=O) groups is 3. The van der Waals surface area contributed by atoms with E-state index < -0.39 is 5.97 Å². The number of carbonyl (C=O) groups excluding carboxylic acids is 3. The van der Waals surface area contributed by atoms with Gasteiger partial charge in [-0.2, -0.15) is 0 Å². The Labute approximate surface area is 330 Å². The van der Waals surface area contributed by atoms with Crippen LogP contribution in [0.25, 0.3) is 0 Å². The van der Waals surface area contributed by atoms with Gasteiger partial charge in [0.15, 0.2) is 0 Å². The highest BCUT2D eigenvalue weighted by atomic mass is 32.1. The first-order valence-electron chi connectivity index (χ1n) is 22.9. The predicted molar refractivity (Wildman–Crippen MR) is 227 cm³/mol. The summed E-state index contributed by atoms with van der Waals surface area (Å²) in [6.07, 6.45) is 39.6. The molecule has 0 aromatic carbocycles. The monoisotopic (exact) mass is 759 g/mol. The van der Waals surface area contributed by atoms with Crippen LogP contribution in [0.5, 0.6) is 0 Å². The van der Waals surface area contributed by atoms with E-state index in [2.05, 4.69) is 19.2 Å². The molecule has 0 unspecified atom stereocenters. The van der Waals surface area contributed by atoms with E-state index in [9.17, 15) is 14.4 Å². The molecule has 1 N–H and O–H groups in total. The molecule has 0 fully saturated rings. The third-order valence-electron chi connectivity index (χ3n) is 11.1. The maximum atomic E-state index is 13.9. The van der Waals surface area contributed by atoms with Crippen molar-refractivity contribution in [1.29, 1.82) is 0 Å². The summed E-state index contributed by atoms with van der Waals surface area (Å²) in [6, 6.07) is 0. The summed E-state index contributed by atoms with van der Waals surface area (Å²) in [7, 11) is 0. The van der Waals surface area contributed by atoms with Crippen LogP contribution in [0.3, 0.4) is 0 Å². The van der Waals surface area contributed by atoms with Crippen molar-refractivity contribution >= 4 is 34.1 Å². The van der Waals surface area contributed by atoms with E-state index in [0.29, 0.717) is 36.4 Å². The highest BCUT2D eigenvalue weighted by Gasteiger charge is 2.34. The third-order valence-corrected chi connectivity index (χ3v) is 12.3. The largest absolute Gasteiger partial charge is 0.462 e. The van der Waals surface area contributed by atoms with Gasteiger partial charge in [-0.1, -0.05) is 194 Å². The number of hydrogen-bond acceptors (Lipinski definition) is 6. The maximum absolute atomic E-state index is 13.9. The SMILES string of the molecule is CCCCCCCCCCCCCCCCCC(=O)N(C(=O)CCCCCCCCCCCCCCCCC)c1sc2c(c1C(=O)OCC)CCNC2. The number of rotatable bonds is 35. The normalized spacial score (nSPS) is 12.6. The molecule has 0 aliphatic carbocycles. The zero-order valence-corrected chi connectivity index (χ0v) is 35.8. The number of unbranched alkanes of at least 4 members (excludes halogenated alkanes) is 28. The van der Waals surface area contributed by atoms with Gasteiger partial charge in [-0.25, -0.2) is 9.69 Å². The highest BCUT2D eigenvalue weighted by Crippen LogP contribution is 2.39. The number of hydrogen-bond donors (Lipinski definition) is 1. The van der Waals surface area contributed by atoms with Gasteiger partial charge in [-0.05, 0) is 38.3 Å². The van der Waals surface area contributed by atoms with Crippen molar-refractivity contribution < 1.29 is 19.1 Å². The molecule has 2 rings (SSSR count). The van der Waals surface area contributed by atoms with Gasteiger partial charge in [-0.3, -0.25) is 9.59 Å². The van der Waals surface area contributed by atoms with E-state index in [-0.39, 0.29) is 18.4 Å². The number of fused-ring (bicyclic) bond motifs is 1. The molecule has 0 atom stereocenters. The summed E-state index contributed by atoms with van der Waals surface area (Å²) in [4.78, 5) is 43.4. The average molecular weight is 759 g/mol. The summed E-state index contributed by atoms with van der Waals surface area (Å²) in [5, 5.41) is 3.88. The van der Waals surface area contributed by atoms with Gasteiger partial charge in [0, 0.05) is 24.3 Å². The van der Waals surface area contributed by atoms with Crippen LogP contribution in [-0.2, 0) is 27.3 Å². The van der Waals surface area contributed by atoms with E-state index in [4.69, 9.17) is 4.74 Å². The standard InChI is InChI=1S/C46H82N2O4S/c1-4-7-9-11-13-15-17-19-21-23-25-27-29-31-33-35-42(49)48(45-44(46(51)52-6-3)40-37-38-47-39-41(40)53-45)43(50)36-34-32-30-28-26-24-22-20-18-16-14-12-10-8-5-2/h47H,4-39H2,1-3H3. The topological polar surface area (TPSA) is 75.7 Å². The van der Waals surface area contributed by atoms with Gasteiger partial charge in [0.1, 0.15) is 5.00 Å². The van der Waals surface area contributed by atoms with E-state index in [0.717, 1.165) is 55.5 Å². The summed E-state index contributed by atoms with van der Waals surface area (Å²) in [5.41, 5.74) is 1.40. The van der Waals surface area contributed by atoms with Crippen LogP contribution in [0, 0.1) is 0 Å². The molecule has 0 saturated carbocycles. The van der Waals surface area contributed by atoms with Crippen molar-refractivity contribution in [2.45, 2.75) is 239 Å². The van der Waals surface area contributed by atoms with Crippen LogP contribution >= 0.6 is 11.3 Å². The van der Waals surface area contributed by atoms with E-state index in [1.165, 1.54) is 170 Å². The van der Waals surface area contributed by atoms with Crippen LogP contribution < -0.4 is 10.2 Å². The Morgan fingerprint density at radius 1 is 0.547 bits per heavy atom. The summed E-state index contributed by atoms with van der Waals surface area (Å²) >= 11 is 1.43. The Morgan fingerprint density at radius 3 is 1.26 bits per heavy atom. The highest BCUT2D eigenvalue weighted by molar-refractivity contribution is 7.17. The summed E-state index contributed by atoms with van der Waals surface area (Å²) < 4.78 is 5.48. The number of thiophene rings is 1. The van der Waals surface area contributed by atoms with Gasteiger partial charge in [-0.15, -0.1) is 11.3 Å². The van der Waals surface area contributed by atoms with Gasteiger partial charge in [0.05, 0.1) is 12.2 Å². The lowest BCUT2D eigenvalue weighted by atomic mass is 10.0. The molecule has 0 spiro atoms. The Hall–Kier alpha value is -1.73. The van der Waals surface area contributed by atoms with Gasteiger partial charge in [0.2, 0.25) is 11.8 Å². The van der Waals surface area contributed by atoms with Gasteiger partial charge in [0.25, 0.3) is 0 Å². The molecule has 306 valence electrons. The van der Waals surface area contributed by atoms with Crippen molar-refractivity contribution in [2.24, 2.45) is 0 Å². The van der Waals surface area contributed by atoms with E-state index in [1.807, 2.05) is 0 Å². The molecule has 0 radical (unpaired) electrons. The zero-order chi connectivity index (χ0) is 38.2. The first-order valence-corrected chi connectivity index (χ1v) is 23.7. The van der Waals surface area contributed by atoms with Crippen molar-refractivity contribution in [3.63, 3.8) is 0 Å². The van der Waals surface area contributed by atoms with Gasteiger partial charge < -0.3 is 10.1 Å². The number of ether oxygens (including phenoxy) is 1. The second-order valence-corrected chi connectivity index (χ2v) is 16.9. The first kappa shape index (κ1) is 47.4. The van der Waals surface area contributed by atoms with Crippen LogP contribution in [0.4, 0.5) is 5.00 Å². The Kier molecular flexibility index (Phi) is 29.1. The van der Waals surface area contributed by atoms with E-state index >= 15 is 0 Å². The minimum atomic E-state index is -0.411. The average Bonchev–Trinajstić information content (AvgIpc) is 3.54. The van der Waals surface area contributed by atoms with Crippen LogP contribution in [0.1, 0.15) is 247 Å². The summed E-state index contributed by atoms with van der Waals surface area (Å²) in [6.45, 7) is 8.05. The molecule has 2 amide bonds. The van der Waals surface area contributed by atoms with Crippen molar-refractivity contribution in [3.05, 3.63) is 16.0 Å². The smallest absolute Gasteiger partial charge is 0.341 e. The molecule has 1 aromatic rings. The second-order valence-electron chi connectivity index (χ2n) is 15.9. The number of esters is 1. The lowest BCUT2D eigenvalue weighted by molar-refractivity contribution is -0.126. The number of imide groups is 1. The lowest BCUT2D eigenvalue weighted by Crippen LogP contribution is -2.37. The minimum absolute atomic E-state index is 0.164. The zero-order valence-electron chi connectivity index (χ0n) is 34.9.